The molecule has 0 spiro atoms. The summed E-state index contributed by atoms with van der Waals surface area (Å²) in [5.74, 6) is 1.54. The van der Waals surface area contributed by atoms with E-state index in [4.69, 9.17) is 11.6 Å². The number of sulfonamides is 1. The molecule has 0 aliphatic carbocycles. The van der Waals surface area contributed by atoms with Crippen molar-refractivity contribution < 1.29 is 8.42 Å². The third-order valence-corrected chi connectivity index (χ3v) is 7.59. The number of nitrogens with one attached hydrogen (secondary N) is 1. The van der Waals surface area contributed by atoms with Gasteiger partial charge in [-0.15, -0.1) is 22.0 Å². The summed E-state index contributed by atoms with van der Waals surface area (Å²) in [6.45, 7) is 1.67. The fourth-order valence-electron chi connectivity index (χ4n) is 2.23. The number of anilines is 1. The van der Waals surface area contributed by atoms with E-state index in [1.54, 1.807) is 30.8 Å². The number of rotatable bonds is 7. The van der Waals surface area contributed by atoms with Gasteiger partial charge < -0.3 is 0 Å². The van der Waals surface area contributed by atoms with Gasteiger partial charge in [0.15, 0.2) is 0 Å². The normalized spacial score (nSPS) is 11.5. The zero-order valence-corrected chi connectivity index (χ0v) is 17.1. The second-order valence-corrected chi connectivity index (χ2v) is 9.55. The summed E-state index contributed by atoms with van der Waals surface area (Å²) in [5.41, 5.74) is 1.74. The highest BCUT2D eigenvalue weighted by Gasteiger charge is 2.20. The molecule has 3 aromatic rings. The summed E-state index contributed by atoms with van der Waals surface area (Å²) >= 11 is 8.95. The van der Waals surface area contributed by atoms with Gasteiger partial charge in [-0.1, -0.05) is 59.3 Å². The van der Waals surface area contributed by atoms with Crippen LogP contribution in [0.2, 0.25) is 5.02 Å². The molecule has 0 atom stereocenters. The van der Waals surface area contributed by atoms with E-state index in [9.17, 15) is 8.42 Å². The first-order chi connectivity index (χ1) is 12.5. The fraction of sp³-hybridized carbons (Fsp3) is 0.176. The van der Waals surface area contributed by atoms with Crippen LogP contribution >= 0.6 is 34.7 Å². The van der Waals surface area contributed by atoms with Crippen molar-refractivity contribution in [3.05, 3.63) is 69.7 Å². The van der Waals surface area contributed by atoms with Gasteiger partial charge in [0.05, 0.1) is 4.90 Å². The molecule has 0 aliphatic heterocycles. The van der Waals surface area contributed by atoms with E-state index in [0.29, 0.717) is 16.3 Å². The molecule has 0 radical (unpaired) electrons. The molecule has 0 bridgehead atoms. The van der Waals surface area contributed by atoms with E-state index in [0.717, 1.165) is 10.8 Å². The lowest BCUT2D eigenvalue weighted by Crippen LogP contribution is -2.14. The zero-order valence-electron chi connectivity index (χ0n) is 13.8. The minimum absolute atomic E-state index is 0.139. The Hall–Kier alpha value is -1.61. The van der Waals surface area contributed by atoms with Gasteiger partial charge in [0, 0.05) is 16.5 Å². The zero-order chi connectivity index (χ0) is 18.6. The van der Waals surface area contributed by atoms with Crippen molar-refractivity contribution in [2.45, 2.75) is 23.3 Å². The maximum atomic E-state index is 12.5. The highest BCUT2D eigenvalue weighted by Crippen LogP contribution is 2.27. The van der Waals surface area contributed by atoms with Crippen LogP contribution in [-0.2, 0) is 21.5 Å². The van der Waals surface area contributed by atoms with Gasteiger partial charge in [0.25, 0.3) is 10.0 Å². The Morgan fingerprint density at radius 2 is 1.85 bits per heavy atom. The minimum Gasteiger partial charge on any atom is -0.253 e. The van der Waals surface area contributed by atoms with Gasteiger partial charge in [0.2, 0.25) is 5.13 Å². The molecule has 5 nitrogen and oxygen atoms in total. The van der Waals surface area contributed by atoms with E-state index in [1.165, 1.54) is 23.0 Å². The number of thioether (sulfide) groups is 1. The average Bonchev–Trinajstić information content (AvgIpc) is 3.04. The standard InChI is InChI=1S/C17H16ClN3O2S3/c1-12-14(18)8-5-9-15(12)26(22,23)21-17-20-19-16(25-17)11-24-10-13-6-3-2-4-7-13/h2-9H,10-11H2,1H3,(H,20,21). The number of halogens is 1. The molecule has 1 heterocycles. The van der Waals surface area contributed by atoms with Crippen LogP contribution in [0.25, 0.3) is 0 Å². The highest BCUT2D eigenvalue weighted by molar-refractivity contribution is 7.97. The first kappa shape index (κ1) is 19.2. The smallest absolute Gasteiger partial charge is 0.253 e. The van der Waals surface area contributed by atoms with Crippen molar-refractivity contribution in [2.75, 3.05) is 4.72 Å². The molecule has 136 valence electrons. The molecule has 1 N–H and O–H groups in total. The van der Waals surface area contributed by atoms with Crippen LogP contribution in [0.3, 0.4) is 0 Å². The third-order valence-electron chi connectivity index (χ3n) is 3.53. The Balaban J connectivity index is 1.63. The van der Waals surface area contributed by atoms with E-state index in [1.807, 2.05) is 18.2 Å². The van der Waals surface area contributed by atoms with E-state index < -0.39 is 10.0 Å². The van der Waals surface area contributed by atoms with Crippen molar-refractivity contribution >= 4 is 49.9 Å². The Kier molecular flexibility index (Phi) is 6.18. The molecule has 2 aromatic carbocycles. The van der Waals surface area contributed by atoms with Crippen LogP contribution < -0.4 is 4.72 Å². The van der Waals surface area contributed by atoms with Crippen LogP contribution in [0.4, 0.5) is 5.13 Å². The Bertz CT molecular complexity index is 991. The lowest BCUT2D eigenvalue weighted by molar-refractivity contribution is 0.600. The summed E-state index contributed by atoms with van der Waals surface area (Å²) < 4.78 is 27.6. The Morgan fingerprint density at radius 1 is 1.08 bits per heavy atom. The van der Waals surface area contributed by atoms with Gasteiger partial charge in [-0.25, -0.2) is 8.42 Å². The SMILES string of the molecule is Cc1c(Cl)cccc1S(=O)(=O)Nc1nnc(CSCc2ccccc2)s1. The number of benzene rings is 2. The predicted octanol–water partition coefficient (Wildman–Crippen LogP) is 4.73. The van der Waals surface area contributed by atoms with Gasteiger partial charge in [-0.05, 0) is 30.2 Å². The second kappa shape index (κ2) is 8.39. The van der Waals surface area contributed by atoms with Crippen LogP contribution in [-0.4, -0.2) is 18.6 Å². The number of hydrogen-bond donors (Lipinski definition) is 1. The van der Waals surface area contributed by atoms with Gasteiger partial charge in [0.1, 0.15) is 5.01 Å². The minimum atomic E-state index is -3.75. The molecule has 0 amide bonds. The van der Waals surface area contributed by atoms with Crippen molar-refractivity contribution in [3.63, 3.8) is 0 Å². The van der Waals surface area contributed by atoms with Crippen LogP contribution in [0, 0.1) is 6.92 Å². The summed E-state index contributed by atoms with van der Waals surface area (Å²) in [4.78, 5) is 0.139. The number of aromatic nitrogens is 2. The second-order valence-electron chi connectivity index (χ2n) is 5.45. The number of hydrogen-bond acceptors (Lipinski definition) is 6. The molecular weight excluding hydrogens is 410 g/mol. The van der Waals surface area contributed by atoms with Crippen molar-refractivity contribution in [3.8, 4) is 0 Å². The van der Waals surface area contributed by atoms with Gasteiger partial charge in [-0.3, -0.25) is 4.72 Å². The monoisotopic (exact) mass is 425 g/mol. The lowest BCUT2D eigenvalue weighted by atomic mass is 10.2. The molecular formula is C17H16ClN3O2S3. The van der Waals surface area contributed by atoms with Gasteiger partial charge in [-0.2, -0.15) is 0 Å². The van der Waals surface area contributed by atoms with Crippen molar-refractivity contribution in [1.82, 2.24) is 10.2 Å². The van der Waals surface area contributed by atoms with Crippen LogP contribution in [0.5, 0.6) is 0 Å². The first-order valence-corrected chi connectivity index (χ1v) is 11.5. The third kappa shape index (κ3) is 4.76. The van der Waals surface area contributed by atoms with Crippen molar-refractivity contribution in [2.24, 2.45) is 0 Å². The summed E-state index contributed by atoms with van der Waals surface area (Å²) in [7, 11) is -3.75. The number of nitrogens with zero attached hydrogens (tertiary/aromatic N) is 2. The predicted molar refractivity (Wildman–Crippen MR) is 108 cm³/mol. The van der Waals surface area contributed by atoms with Gasteiger partial charge >= 0.3 is 0 Å². The quantitative estimate of drug-likeness (QED) is 0.592. The molecule has 3 rings (SSSR count). The van der Waals surface area contributed by atoms with Crippen LogP contribution in [0.15, 0.2) is 53.4 Å². The largest absolute Gasteiger partial charge is 0.264 e. The highest BCUT2D eigenvalue weighted by atomic mass is 35.5. The maximum Gasteiger partial charge on any atom is 0.264 e. The maximum absolute atomic E-state index is 12.5. The first-order valence-electron chi connectivity index (χ1n) is 7.68. The molecule has 0 fully saturated rings. The Morgan fingerprint density at radius 3 is 2.62 bits per heavy atom. The topological polar surface area (TPSA) is 72.0 Å². The molecule has 0 saturated heterocycles. The van der Waals surface area contributed by atoms with Crippen LogP contribution in [0.1, 0.15) is 16.1 Å². The van der Waals surface area contributed by atoms with E-state index >= 15 is 0 Å². The molecule has 0 aliphatic rings. The fourth-order valence-corrected chi connectivity index (χ4v) is 5.74. The average molecular weight is 426 g/mol. The van der Waals surface area contributed by atoms with Crippen molar-refractivity contribution in [1.29, 1.82) is 0 Å². The summed E-state index contributed by atoms with van der Waals surface area (Å²) in [6.07, 6.45) is 0. The lowest BCUT2D eigenvalue weighted by Gasteiger charge is -2.08. The summed E-state index contributed by atoms with van der Waals surface area (Å²) in [6, 6.07) is 14.9. The molecule has 9 heteroatoms. The molecule has 26 heavy (non-hydrogen) atoms. The summed E-state index contributed by atoms with van der Waals surface area (Å²) in [5, 5.41) is 9.42. The molecule has 0 saturated carbocycles. The van der Waals surface area contributed by atoms with E-state index in [2.05, 4.69) is 27.1 Å². The van der Waals surface area contributed by atoms with E-state index in [-0.39, 0.29) is 10.0 Å². The Labute approximate surface area is 165 Å². The molecule has 1 aromatic heterocycles. The molecule has 0 unspecified atom stereocenters.